The van der Waals surface area contributed by atoms with Crippen molar-refractivity contribution in [3.05, 3.63) is 36.7 Å². The van der Waals surface area contributed by atoms with Crippen molar-refractivity contribution in [2.45, 2.75) is 31.5 Å². The Morgan fingerprint density at radius 1 is 1.41 bits per heavy atom. The largest absolute Gasteiger partial charge is 0.495 e. The molecule has 0 spiro atoms. The third-order valence-corrected chi connectivity index (χ3v) is 4.09. The van der Waals surface area contributed by atoms with Crippen molar-refractivity contribution >= 4 is 23.4 Å². The Morgan fingerprint density at radius 2 is 2.23 bits per heavy atom. The standard InChI is InChI=1S/C16H21N3O2S/c1-3-10-19-11-9-17-16(19)22-12-8-15(20)18-13-6-4-5-7-14(13)21-2/h4-7,9,11H,3,8,10,12H2,1-2H3,(H,18,20). The van der Waals surface area contributed by atoms with E-state index < -0.39 is 0 Å². The molecule has 118 valence electrons. The summed E-state index contributed by atoms with van der Waals surface area (Å²) in [7, 11) is 1.59. The van der Waals surface area contributed by atoms with Crippen molar-refractivity contribution in [2.75, 3.05) is 18.2 Å². The summed E-state index contributed by atoms with van der Waals surface area (Å²) < 4.78 is 7.33. The van der Waals surface area contributed by atoms with Gasteiger partial charge in [-0.2, -0.15) is 0 Å². The van der Waals surface area contributed by atoms with Gasteiger partial charge in [-0.05, 0) is 18.6 Å². The van der Waals surface area contributed by atoms with Crippen LogP contribution in [0.15, 0.2) is 41.8 Å². The fourth-order valence-corrected chi connectivity index (χ4v) is 2.97. The summed E-state index contributed by atoms with van der Waals surface area (Å²) >= 11 is 1.60. The van der Waals surface area contributed by atoms with Gasteiger partial charge in [-0.25, -0.2) is 4.98 Å². The van der Waals surface area contributed by atoms with Gasteiger partial charge in [0.05, 0.1) is 12.8 Å². The average molecular weight is 319 g/mol. The maximum atomic E-state index is 12.0. The van der Waals surface area contributed by atoms with Gasteiger partial charge < -0.3 is 14.6 Å². The van der Waals surface area contributed by atoms with Crippen LogP contribution >= 0.6 is 11.8 Å². The summed E-state index contributed by atoms with van der Waals surface area (Å²) in [5, 5.41) is 3.84. The second-order valence-corrected chi connectivity index (χ2v) is 5.81. The van der Waals surface area contributed by atoms with Gasteiger partial charge in [-0.3, -0.25) is 4.79 Å². The molecule has 0 aliphatic rings. The van der Waals surface area contributed by atoms with Crippen molar-refractivity contribution in [3.63, 3.8) is 0 Å². The van der Waals surface area contributed by atoms with Crippen LogP contribution in [0.25, 0.3) is 0 Å². The van der Waals surface area contributed by atoms with Crippen molar-refractivity contribution in [1.82, 2.24) is 9.55 Å². The average Bonchev–Trinajstić information content (AvgIpc) is 2.95. The number of amides is 1. The molecule has 0 aliphatic heterocycles. The fraction of sp³-hybridized carbons (Fsp3) is 0.375. The number of para-hydroxylation sites is 2. The number of ether oxygens (including phenoxy) is 1. The lowest BCUT2D eigenvalue weighted by Gasteiger charge is -2.09. The zero-order valence-corrected chi connectivity index (χ0v) is 13.7. The molecule has 0 atom stereocenters. The number of nitrogens with one attached hydrogen (secondary N) is 1. The smallest absolute Gasteiger partial charge is 0.225 e. The predicted octanol–water partition coefficient (Wildman–Crippen LogP) is 3.42. The number of hydrogen-bond donors (Lipinski definition) is 1. The molecule has 6 heteroatoms. The van der Waals surface area contributed by atoms with Crippen LogP contribution in [0.3, 0.4) is 0 Å². The van der Waals surface area contributed by atoms with E-state index in [9.17, 15) is 4.79 Å². The molecular weight excluding hydrogens is 298 g/mol. The molecule has 0 radical (unpaired) electrons. The van der Waals surface area contributed by atoms with Crippen LogP contribution in [0.5, 0.6) is 5.75 Å². The van der Waals surface area contributed by atoms with Crippen LogP contribution in [-0.4, -0.2) is 28.3 Å². The maximum Gasteiger partial charge on any atom is 0.225 e. The normalized spacial score (nSPS) is 10.5. The van der Waals surface area contributed by atoms with Gasteiger partial charge >= 0.3 is 0 Å². The molecule has 1 aromatic heterocycles. The molecule has 2 aromatic rings. The van der Waals surface area contributed by atoms with E-state index in [0.29, 0.717) is 23.6 Å². The van der Waals surface area contributed by atoms with Crippen LogP contribution in [0, 0.1) is 0 Å². The monoisotopic (exact) mass is 319 g/mol. The van der Waals surface area contributed by atoms with E-state index in [1.165, 1.54) is 0 Å². The number of hydrogen-bond acceptors (Lipinski definition) is 4. The van der Waals surface area contributed by atoms with Crippen molar-refractivity contribution in [1.29, 1.82) is 0 Å². The summed E-state index contributed by atoms with van der Waals surface area (Å²) in [5.74, 6) is 1.34. The third-order valence-electron chi connectivity index (χ3n) is 3.08. The van der Waals surface area contributed by atoms with Crippen LogP contribution in [0.1, 0.15) is 19.8 Å². The molecule has 2 rings (SSSR count). The number of thioether (sulfide) groups is 1. The SMILES string of the molecule is CCCn1ccnc1SCCC(=O)Nc1ccccc1OC. The van der Waals surface area contributed by atoms with Crippen molar-refractivity contribution < 1.29 is 9.53 Å². The number of aryl methyl sites for hydroxylation is 1. The Hall–Kier alpha value is -1.95. The molecule has 5 nitrogen and oxygen atoms in total. The van der Waals surface area contributed by atoms with Gasteiger partial charge in [0.25, 0.3) is 0 Å². The second-order valence-electron chi connectivity index (χ2n) is 4.75. The number of aromatic nitrogens is 2. The van der Waals surface area contributed by atoms with Crippen LogP contribution in [-0.2, 0) is 11.3 Å². The zero-order valence-electron chi connectivity index (χ0n) is 12.9. The van der Waals surface area contributed by atoms with E-state index in [2.05, 4.69) is 21.8 Å². The number of methoxy groups -OCH3 is 1. The number of imidazole rings is 1. The lowest BCUT2D eigenvalue weighted by atomic mass is 10.3. The molecule has 1 amide bonds. The van der Waals surface area contributed by atoms with Crippen molar-refractivity contribution in [2.24, 2.45) is 0 Å². The molecule has 1 N–H and O–H groups in total. The van der Waals surface area contributed by atoms with E-state index in [-0.39, 0.29) is 5.91 Å². The minimum absolute atomic E-state index is 0.0226. The Bertz CT molecular complexity index is 613. The van der Waals surface area contributed by atoms with Gasteiger partial charge in [0, 0.05) is 31.1 Å². The highest BCUT2D eigenvalue weighted by atomic mass is 32.2. The number of carbonyl (C=O) groups excluding carboxylic acids is 1. The first kappa shape index (κ1) is 16.4. The quantitative estimate of drug-likeness (QED) is 0.758. The number of carbonyl (C=O) groups is 1. The minimum atomic E-state index is -0.0226. The third kappa shape index (κ3) is 4.53. The van der Waals surface area contributed by atoms with Gasteiger partial charge in [0.1, 0.15) is 5.75 Å². The lowest BCUT2D eigenvalue weighted by molar-refractivity contribution is -0.115. The predicted molar refractivity (Wildman–Crippen MR) is 89.5 cm³/mol. The molecule has 0 aliphatic carbocycles. The highest BCUT2D eigenvalue weighted by molar-refractivity contribution is 7.99. The second kappa shape index (κ2) is 8.48. The summed E-state index contributed by atoms with van der Waals surface area (Å²) in [6.45, 7) is 3.09. The molecule has 0 saturated carbocycles. The minimum Gasteiger partial charge on any atom is -0.495 e. The van der Waals surface area contributed by atoms with Gasteiger partial charge in [-0.1, -0.05) is 30.8 Å². The number of benzene rings is 1. The first-order chi connectivity index (χ1) is 10.7. The Labute approximate surface area is 135 Å². The molecule has 1 heterocycles. The van der Waals surface area contributed by atoms with Crippen LogP contribution < -0.4 is 10.1 Å². The highest BCUT2D eigenvalue weighted by Gasteiger charge is 2.08. The first-order valence-electron chi connectivity index (χ1n) is 7.31. The lowest BCUT2D eigenvalue weighted by Crippen LogP contribution is -2.13. The Balaban J connectivity index is 1.81. The number of nitrogens with zero attached hydrogens (tertiary/aromatic N) is 2. The van der Waals surface area contributed by atoms with Crippen LogP contribution in [0.4, 0.5) is 5.69 Å². The van der Waals surface area contributed by atoms with E-state index in [0.717, 1.165) is 18.1 Å². The summed E-state index contributed by atoms with van der Waals surface area (Å²) in [4.78, 5) is 16.3. The Kier molecular flexibility index (Phi) is 6.33. The van der Waals surface area contributed by atoms with E-state index in [1.54, 1.807) is 25.1 Å². The van der Waals surface area contributed by atoms with E-state index >= 15 is 0 Å². The molecule has 0 unspecified atom stereocenters. The summed E-state index contributed by atoms with van der Waals surface area (Å²) in [5.41, 5.74) is 0.701. The number of anilines is 1. The molecule has 1 aromatic carbocycles. The van der Waals surface area contributed by atoms with Gasteiger partial charge in [0.2, 0.25) is 5.91 Å². The first-order valence-corrected chi connectivity index (χ1v) is 8.30. The van der Waals surface area contributed by atoms with Crippen LogP contribution in [0.2, 0.25) is 0 Å². The topological polar surface area (TPSA) is 56.2 Å². The summed E-state index contributed by atoms with van der Waals surface area (Å²) in [6, 6.07) is 7.40. The van der Waals surface area contributed by atoms with Crippen molar-refractivity contribution in [3.8, 4) is 5.75 Å². The fourth-order valence-electron chi connectivity index (χ4n) is 2.04. The highest BCUT2D eigenvalue weighted by Crippen LogP contribution is 2.23. The molecule has 0 bridgehead atoms. The number of rotatable bonds is 8. The Morgan fingerprint density at radius 3 is 3.00 bits per heavy atom. The van der Waals surface area contributed by atoms with E-state index in [1.807, 2.05) is 30.5 Å². The van der Waals surface area contributed by atoms with Gasteiger partial charge in [-0.15, -0.1) is 0 Å². The maximum absolute atomic E-state index is 12.0. The molecule has 0 saturated heterocycles. The van der Waals surface area contributed by atoms with Gasteiger partial charge in [0.15, 0.2) is 5.16 Å². The summed E-state index contributed by atoms with van der Waals surface area (Å²) in [6.07, 6.45) is 5.27. The van der Waals surface area contributed by atoms with E-state index in [4.69, 9.17) is 4.74 Å². The molecule has 0 fully saturated rings. The molecular formula is C16H21N3O2S. The zero-order chi connectivity index (χ0) is 15.8. The molecule has 22 heavy (non-hydrogen) atoms.